The summed E-state index contributed by atoms with van der Waals surface area (Å²) >= 11 is 6.23. The Labute approximate surface area is 192 Å². The van der Waals surface area contributed by atoms with E-state index in [-0.39, 0.29) is 11.3 Å². The molecule has 0 bridgehead atoms. The average Bonchev–Trinajstić information content (AvgIpc) is 2.69. The summed E-state index contributed by atoms with van der Waals surface area (Å²) in [6, 6.07) is 10.2. The number of hydrogen-bond acceptors (Lipinski definition) is 5. The zero-order valence-electron chi connectivity index (χ0n) is 18.7. The lowest BCUT2D eigenvalue weighted by Crippen LogP contribution is -2.44. The maximum absolute atomic E-state index is 13.3. The van der Waals surface area contributed by atoms with Gasteiger partial charge in [0.1, 0.15) is 23.9 Å². The number of para-hydroxylation sites is 2. The van der Waals surface area contributed by atoms with Gasteiger partial charge in [0.15, 0.2) is 0 Å². The van der Waals surface area contributed by atoms with Crippen LogP contribution in [0.4, 0.5) is 10.5 Å². The van der Waals surface area contributed by atoms with Crippen molar-refractivity contribution < 1.29 is 24.2 Å². The molecule has 0 saturated heterocycles. The number of anilines is 1. The molecule has 2 aromatic carbocycles. The second-order valence-corrected chi connectivity index (χ2v) is 8.65. The van der Waals surface area contributed by atoms with Crippen LogP contribution >= 0.6 is 11.6 Å². The Balaban J connectivity index is 2.27. The van der Waals surface area contributed by atoms with Gasteiger partial charge in [-0.1, -0.05) is 41.9 Å². The van der Waals surface area contributed by atoms with Crippen molar-refractivity contribution in [2.75, 3.05) is 18.9 Å². The third-order valence-electron chi connectivity index (χ3n) is 4.51. The molecule has 0 spiro atoms. The van der Waals surface area contributed by atoms with Crippen molar-refractivity contribution in [3.05, 3.63) is 58.6 Å². The summed E-state index contributed by atoms with van der Waals surface area (Å²) in [5.74, 6) is -1.28. The van der Waals surface area contributed by atoms with Gasteiger partial charge in [-0.15, -0.1) is 0 Å². The second-order valence-electron chi connectivity index (χ2n) is 8.24. The molecule has 3 amide bonds. The number of rotatable bonds is 6. The molecule has 0 heterocycles. The largest absolute Gasteiger partial charge is 0.508 e. The minimum absolute atomic E-state index is 0.150. The number of ether oxygens (including phenoxy) is 1. The van der Waals surface area contributed by atoms with Gasteiger partial charge in [0.05, 0.1) is 10.7 Å². The van der Waals surface area contributed by atoms with Gasteiger partial charge in [-0.25, -0.2) is 4.79 Å². The smallest absolute Gasteiger partial charge is 0.408 e. The predicted molar refractivity (Wildman–Crippen MR) is 123 cm³/mol. The number of aryl methyl sites for hydroxylation is 1. The van der Waals surface area contributed by atoms with Crippen molar-refractivity contribution in [3.8, 4) is 5.75 Å². The maximum atomic E-state index is 13.3. The summed E-state index contributed by atoms with van der Waals surface area (Å²) in [7, 11) is 1.41. The van der Waals surface area contributed by atoms with Crippen LogP contribution in [0.15, 0.2) is 42.5 Å². The van der Waals surface area contributed by atoms with E-state index in [1.807, 2.05) is 0 Å². The number of aromatic hydroxyl groups is 1. The summed E-state index contributed by atoms with van der Waals surface area (Å²) in [6.45, 7) is 6.51. The topological polar surface area (TPSA) is 108 Å². The van der Waals surface area contributed by atoms with Crippen LogP contribution in [0.1, 0.15) is 37.9 Å². The Morgan fingerprint density at radius 1 is 1.12 bits per heavy atom. The van der Waals surface area contributed by atoms with Crippen LogP contribution in [0, 0.1) is 6.92 Å². The number of halogens is 1. The first-order valence-electron chi connectivity index (χ1n) is 9.97. The van der Waals surface area contributed by atoms with Gasteiger partial charge in [0.2, 0.25) is 5.91 Å². The molecule has 0 aromatic heterocycles. The standard InChI is InChI=1S/C23H28ClN3O5/c1-14-9-8-11-16(24)19(14)26-21(30)20(15-10-6-7-12-17(15)28)27(5)18(29)13-25-22(31)32-23(2,3)4/h6-12,20,28H,13H2,1-5H3,(H,25,31)(H,26,30). The van der Waals surface area contributed by atoms with Gasteiger partial charge < -0.3 is 25.4 Å². The summed E-state index contributed by atoms with van der Waals surface area (Å²) in [5, 5.41) is 15.8. The molecule has 0 aliphatic carbocycles. The molecule has 0 fully saturated rings. The highest BCUT2D eigenvalue weighted by Gasteiger charge is 2.31. The SMILES string of the molecule is Cc1cccc(Cl)c1NC(=O)C(c1ccccc1O)N(C)C(=O)CNC(=O)OC(C)(C)C. The molecular weight excluding hydrogens is 434 g/mol. The molecule has 1 atom stereocenters. The van der Waals surface area contributed by atoms with Crippen molar-refractivity contribution in [1.82, 2.24) is 10.2 Å². The quantitative estimate of drug-likeness (QED) is 0.602. The summed E-state index contributed by atoms with van der Waals surface area (Å²) in [5.41, 5.74) is 0.655. The Bertz CT molecular complexity index is 983. The minimum atomic E-state index is -1.18. The fourth-order valence-corrected chi connectivity index (χ4v) is 3.23. The van der Waals surface area contributed by atoms with E-state index in [1.54, 1.807) is 64.1 Å². The molecule has 8 nitrogen and oxygen atoms in total. The molecule has 0 aliphatic rings. The van der Waals surface area contributed by atoms with Crippen molar-refractivity contribution in [2.24, 2.45) is 0 Å². The lowest BCUT2D eigenvalue weighted by atomic mass is 10.0. The number of phenolic OH excluding ortho intramolecular Hbond substituents is 1. The van der Waals surface area contributed by atoms with Crippen LogP contribution in [0.3, 0.4) is 0 Å². The highest BCUT2D eigenvalue weighted by atomic mass is 35.5. The van der Waals surface area contributed by atoms with Crippen molar-refractivity contribution >= 4 is 35.2 Å². The van der Waals surface area contributed by atoms with E-state index in [0.717, 1.165) is 10.5 Å². The highest BCUT2D eigenvalue weighted by Crippen LogP contribution is 2.31. The third-order valence-corrected chi connectivity index (χ3v) is 4.83. The van der Waals surface area contributed by atoms with E-state index in [4.69, 9.17) is 16.3 Å². The third kappa shape index (κ3) is 6.62. The first-order valence-corrected chi connectivity index (χ1v) is 10.3. The number of amides is 3. The van der Waals surface area contributed by atoms with Crippen molar-refractivity contribution in [3.63, 3.8) is 0 Å². The highest BCUT2D eigenvalue weighted by molar-refractivity contribution is 6.34. The normalized spacial score (nSPS) is 11.9. The zero-order chi connectivity index (χ0) is 24.1. The number of benzene rings is 2. The Kier molecular flexibility index (Phi) is 8.10. The molecule has 1 unspecified atom stereocenters. The molecule has 3 N–H and O–H groups in total. The van der Waals surface area contributed by atoms with Gasteiger partial charge in [0, 0.05) is 12.6 Å². The summed E-state index contributed by atoms with van der Waals surface area (Å²) in [4.78, 5) is 39.1. The Morgan fingerprint density at radius 3 is 2.38 bits per heavy atom. The van der Waals surface area contributed by atoms with Crippen LogP contribution in [0.2, 0.25) is 5.02 Å². The van der Waals surface area contributed by atoms with Crippen LogP contribution in [-0.4, -0.2) is 47.1 Å². The molecule has 0 aliphatic heterocycles. The molecule has 32 heavy (non-hydrogen) atoms. The minimum Gasteiger partial charge on any atom is -0.508 e. The number of nitrogens with one attached hydrogen (secondary N) is 2. The lowest BCUT2D eigenvalue weighted by molar-refractivity contribution is -0.136. The molecule has 0 radical (unpaired) electrons. The average molecular weight is 462 g/mol. The number of nitrogens with zero attached hydrogens (tertiary/aromatic N) is 1. The van der Waals surface area contributed by atoms with Gasteiger partial charge in [-0.2, -0.15) is 0 Å². The van der Waals surface area contributed by atoms with E-state index in [9.17, 15) is 19.5 Å². The molecule has 2 aromatic rings. The lowest BCUT2D eigenvalue weighted by Gasteiger charge is -2.29. The number of carbonyl (C=O) groups is 3. The van der Waals surface area contributed by atoms with Crippen molar-refractivity contribution in [1.29, 1.82) is 0 Å². The van der Waals surface area contributed by atoms with E-state index in [1.165, 1.54) is 13.1 Å². The Morgan fingerprint density at radius 2 is 1.78 bits per heavy atom. The number of alkyl carbamates (subject to hydrolysis) is 1. The van der Waals surface area contributed by atoms with Crippen molar-refractivity contribution in [2.45, 2.75) is 39.3 Å². The molecule has 2 rings (SSSR count). The molecule has 172 valence electrons. The first kappa shape index (κ1) is 25.0. The predicted octanol–water partition coefficient (Wildman–Crippen LogP) is 4.02. The van der Waals surface area contributed by atoms with E-state index in [2.05, 4.69) is 10.6 Å². The van der Waals surface area contributed by atoms with Gasteiger partial charge >= 0.3 is 6.09 Å². The van der Waals surface area contributed by atoms with Crippen LogP contribution in [0.5, 0.6) is 5.75 Å². The van der Waals surface area contributed by atoms with E-state index >= 15 is 0 Å². The molecular formula is C23H28ClN3O5. The monoisotopic (exact) mass is 461 g/mol. The number of hydrogen-bond donors (Lipinski definition) is 3. The van der Waals surface area contributed by atoms with E-state index < -0.39 is 36.1 Å². The van der Waals surface area contributed by atoms with Crippen LogP contribution in [0.25, 0.3) is 0 Å². The first-order chi connectivity index (χ1) is 14.9. The fourth-order valence-electron chi connectivity index (χ4n) is 2.96. The summed E-state index contributed by atoms with van der Waals surface area (Å²) < 4.78 is 5.13. The molecule has 0 saturated carbocycles. The van der Waals surface area contributed by atoms with Gasteiger partial charge in [-0.3, -0.25) is 9.59 Å². The van der Waals surface area contributed by atoms with Crippen LogP contribution in [-0.2, 0) is 14.3 Å². The maximum Gasteiger partial charge on any atom is 0.408 e. The second kappa shape index (κ2) is 10.4. The Hall–Kier alpha value is -3.26. The number of carbonyl (C=O) groups excluding carboxylic acids is 3. The van der Waals surface area contributed by atoms with Crippen LogP contribution < -0.4 is 10.6 Å². The van der Waals surface area contributed by atoms with Gasteiger partial charge in [0.25, 0.3) is 5.91 Å². The fraction of sp³-hybridized carbons (Fsp3) is 0.348. The van der Waals surface area contributed by atoms with Gasteiger partial charge in [-0.05, 0) is 45.4 Å². The number of likely N-dealkylation sites (N-methyl/N-ethyl adjacent to an activating group) is 1. The zero-order valence-corrected chi connectivity index (χ0v) is 19.5. The number of phenols is 1. The van der Waals surface area contributed by atoms with E-state index in [0.29, 0.717) is 10.7 Å². The molecule has 9 heteroatoms. The summed E-state index contributed by atoms with van der Waals surface area (Å²) in [6.07, 6.45) is -0.755.